The zero-order valence-corrected chi connectivity index (χ0v) is 9.75. The van der Waals surface area contributed by atoms with Crippen molar-refractivity contribution in [3.05, 3.63) is 64.0 Å². The Hall–Kier alpha value is -2.01. The standard InChI is InChI=1S/C12H10N2O2S/c15-13-5-6-14(16)12-9-10(3-4-11(12)13)17-7-1-2-8-17/h1-9,17H. The van der Waals surface area contributed by atoms with Crippen molar-refractivity contribution in [1.82, 2.24) is 0 Å². The van der Waals surface area contributed by atoms with E-state index in [1.54, 1.807) is 12.1 Å². The van der Waals surface area contributed by atoms with Crippen LogP contribution in [0.2, 0.25) is 0 Å². The van der Waals surface area contributed by atoms with Crippen LogP contribution in [0.15, 0.2) is 58.5 Å². The van der Waals surface area contributed by atoms with Crippen molar-refractivity contribution in [2.24, 2.45) is 0 Å². The third-order valence-corrected chi connectivity index (χ3v) is 4.54. The van der Waals surface area contributed by atoms with Gasteiger partial charge in [0.05, 0.1) is 0 Å². The number of fused-ring (bicyclic) bond motifs is 1. The smallest absolute Gasteiger partial charge is 0.291 e. The summed E-state index contributed by atoms with van der Waals surface area (Å²) in [5.74, 6) is 0. The third-order valence-electron chi connectivity index (χ3n) is 2.67. The molecule has 1 aromatic carbocycles. The van der Waals surface area contributed by atoms with Gasteiger partial charge in [-0.1, -0.05) is 12.2 Å². The Kier molecular flexibility index (Phi) is 2.26. The van der Waals surface area contributed by atoms with Crippen LogP contribution in [0.3, 0.4) is 0 Å². The third kappa shape index (κ3) is 1.64. The fraction of sp³-hybridized carbons (Fsp3) is 0. The summed E-state index contributed by atoms with van der Waals surface area (Å²) >= 11 is 0. The van der Waals surface area contributed by atoms with E-state index in [1.165, 1.54) is 12.4 Å². The van der Waals surface area contributed by atoms with E-state index in [0.717, 1.165) is 9.63 Å². The van der Waals surface area contributed by atoms with Crippen LogP contribution in [0.25, 0.3) is 11.0 Å². The van der Waals surface area contributed by atoms with Crippen LogP contribution in [-0.2, 0) is 0 Å². The van der Waals surface area contributed by atoms with Gasteiger partial charge in [-0.15, -0.1) is 0 Å². The average molecular weight is 246 g/mol. The molecule has 4 nitrogen and oxygen atoms in total. The fourth-order valence-electron chi connectivity index (χ4n) is 1.82. The van der Waals surface area contributed by atoms with Crippen molar-refractivity contribution in [2.45, 2.75) is 4.90 Å². The number of hydrogen-bond donors (Lipinski definition) is 1. The number of allylic oxidation sites excluding steroid dienone is 2. The van der Waals surface area contributed by atoms with Gasteiger partial charge in [-0.05, 0) is 16.9 Å². The predicted octanol–water partition coefficient (Wildman–Crippen LogP) is 1.51. The van der Waals surface area contributed by atoms with Crippen LogP contribution in [0.5, 0.6) is 0 Å². The molecule has 5 heteroatoms. The lowest BCUT2D eigenvalue weighted by molar-refractivity contribution is -0.628. The minimum Gasteiger partial charge on any atom is -0.618 e. The molecule has 1 aromatic heterocycles. The molecule has 0 fully saturated rings. The Morgan fingerprint density at radius 3 is 2.24 bits per heavy atom. The quantitative estimate of drug-likeness (QED) is 0.471. The molecule has 1 aliphatic rings. The summed E-state index contributed by atoms with van der Waals surface area (Å²) in [5, 5.41) is 27.4. The fourth-order valence-corrected chi connectivity index (χ4v) is 3.35. The maximum absolute atomic E-state index is 11.6. The Labute approximate surface area is 101 Å². The summed E-state index contributed by atoms with van der Waals surface area (Å²) in [6.45, 7) is 0. The first kappa shape index (κ1) is 10.2. The zero-order chi connectivity index (χ0) is 11.8. The highest BCUT2D eigenvalue weighted by atomic mass is 32.2. The molecule has 0 radical (unpaired) electrons. The SMILES string of the molecule is [O-][n+]1cc[n+]([O-])c2cc([SH]3C=CC=C3)ccc21. The molecule has 0 saturated heterocycles. The largest absolute Gasteiger partial charge is 0.618 e. The molecular weight excluding hydrogens is 236 g/mol. The monoisotopic (exact) mass is 246 g/mol. The second-order valence-electron chi connectivity index (χ2n) is 3.71. The first-order valence-electron chi connectivity index (χ1n) is 5.14. The molecule has 17 heavy (non-hydrogen) atoms. The first-order chi connectivity index (χ1) is 8.25. The topological polar surface area (TPSA) is 53.9 Å². The van der Waals surface area contributed by atoms with Gasteiger partial charge in [0, 0.05) is 17.0 Å². The van der Waals surface area contributed by atoms with Crippen LogP contribution in [0.1, 0.15) is 0 Å². The number of aromatic nitrogens is 2. The van der Waals surface area contributed by atoms with Gasteiger partial charge in [0.2, 0.25) is 12.4 Å². The van der Waals surface area contributed by atoms with E-state index in [9.17, 15) is 10.4 Å². The molecular formula is C12H10N2O2S. The van der Waals surface area contributed by atoms with Crippen LogP contribution in [0, 0.1) is 10.4 Å². The van der Waals surface area contributed by atoms with E-state index in [-0.39, 0.29) is 0 Å². The van der Waals surface area contributed by atoms with E-state index in [1.807, 2.05) is 18.2 Å². The molecule has 0 amide bonds. The van der Waals surface area contributed by atoms with E-state index >= 15 is 0 Å². The zero-order valence-electron chi connectivity index (χ0n) is 8.85. The summed E-state index contributed by atoms with van der Waals surface area (Å²) in [4.78, 5) is 1.08. The number of rotatable bonds is 1. The second kappa shape index (κ2) is 3.78. The van der Waals surface area contributed by atoms with Gasteiger partial charge in [-0.3, -0.25) is 0 Å². The summed E-state index contributed by atoms with van der Waals surface area (Å²) in [6, 6.07) is 5.40. The second-order valence-corrected chi connectivity index (χ2v) is 5.64. The maximum Gasteiger partial charge on any atom is 0.291 e. The molecule has 0 atom stereocenters. The Bertz CT molecular complexity index is 640. The van der Waals surface area contributed by atoms with Crippen LogP contribution >= 0.6 is 10.9 Å². The van der Waals surface area contributed by atoms with Crippen LogP contribution < -0.4 is 9.46 Å². The Morgan fingerprint density at radius 2 is 1.53 bits per heavy atom. The van der Waals surface area contributed by atoms with Gasteiger partial charge < -0.3 is 10.4 Å². The minimum atomic E-state index is -0.460. The molecule has 0 unspecified atom stereocenters. The highest BCUT2D eigenvalue weighted by molar-refractivity contribution is 8.22. The first-order valence-corrected chi connectivity index (χ1v) is 6.62. The van der Waals surface area contributed by atoms with Crippen LogP contribution in [-0.4, -0.2) is 0 Å². The molecule has 0 bridgehead atoms. The predicted molar refractivity (Wildman–Crippen MR) is 67.4 cm³/mol. The van der Waals surface area contributed by atoms with E-state index in [0.29, 0.717) is 15.8 Å². The van der Waals surface area contributed by atoms with Gasteiger partial charge in [-0.2, -0.15) is 20.4 Å². The molecule has 2 heterocycles. The molecule has 2 aromatic rings. The molecule has 86 valence electrons. The lowest BCUT2D eigenvalue weighted by Crippen LogP contribution is -2.36. The summed E-state index contributed by atoms with van der Waals surface area (Å²) < 4.78 is 1.44. The lowest BCUT2D eigenvalue weighted by atomic mass is 10.3. The lowest BCUT2D eigenvalue weighted by Gasteiger charge is -2.10. The molecule has 3 rings (SSSR count). The number of nitrogens with zero attached hydrogens (tertiary/aromatic N) is 2. The molecule has 0 spiro atoms. The van der Waals surface area contributed by atoms with Crippen molar-refractivity contribution in [3.63, 3.8) is 0 Å². The number of thiol groups is 1. The van der Waals surface area contributed by atoms with Crippen LogP contribution in [0.4, 0.5) is 0 Å². The van der Waals surface area contributed by atoms with Gasteiger partial charge in [-0.25, -0.2) is 0 Å². The average Bonchev–Trinajstić information content (AvgIpc) is 2.87. The molecule has 0 N–H and O–H groups in total. The highest BCUT2D eigenvalue weighted by Gasteiger charge is 2.14. The van der Waals surface area contributed by atoms with Gasteiger partial charge in [0.25, 0.3) is 11.0 Å². The van der Waals surface area contributed by atoms with Crippen molar-refractivity contribution >= 4 is 21.9 Å². The highest BCUT2D eigenvalue weighted by Crippen LogP contribution is 2.42. The van der Waals surface area contributed by atoms with E-state index in [2.05, 4.69) is 10.8 Å². The van der Waals surface area contributed by atoms with Gasteiger partial charge >= 0.3 is 0 Å². The summed E-state index contributed by atoms with van der Waals surface area (Å²) in [6.07, 6.45) is 6.45. The summed E-state index contributed by atoms with van der Waals surface area (Å²) in [7, 11) is -0.460. The Balaban J connectivity index is 2.22. The summed E-state index contributed by atoms with van der Waals surface area (Å²) in [5.41, 5.74) is 0.810. The van der Waals surface area contributed by atoms with Crippen molar-refractivity contribution in [1.29, 1.82) is 0 Å². The molecule has 0 saturated carbocycles. The Morgan fingerprint density at radius 1 is 0.882 bits per heavy atom. The minimum absolute atomic E-state index is 0.397. The molecule has 1 aliphatic heterocycles. The van der Waals surface area contributed by atoms with Gasteiger partial charge in [0.1, 0.15) is 0 Å². The van der Waals surface area contributed by atoms with Crippen molar-refractivity contribution < 1.29 is 9.46 Å². The van der Waals surface area contributed by atoms with Crippen molar-refractivity contribution in [2.75, 3.05) is 0 Å². The van der Waals surface area contributed by atoms with E-state index in [4.69, 9.17) is 0 Å². The maximum atomic E-state index is 11.6. The van der Waals surface area contributed by atoms with Gasteiger partial charge in [0.15, 0.2) is 0 Å². The molecule has 0 aliphatic carbocycles. The number of hydrogen-bond acceptors (Lipinski definition) is 2. The van der Waals surface area contributed by atoms with Crippen molar-refractivity contribution in [3.8, 4) is 0 Å². The van der Waals surface area contributed by atoms with E-state index < -0.39 is 10.9 Å². The number of benzene rings is 1. The normalized spacial score (nSPS) is 15.9.